The molecule has 0 radical (unpaired) electrons. The summed E-state index contributed by atoms with van der Waals surface area (Å²) in [5.74, 6) is 0.959. The fraction of sp³-hybridized carbons (Fsp3) is 0.611. The fourth-order valence-corrected chi connectivity index (χ4v) is 2.76. The van der Waals surface area contributed by atoms with Gasteiger partial charge in [0.25, 0.3) is 0 Å². The van der Waals surface area contributed by atoms with Crippen LogP contribution in [0.1, 0.15) is 12.5 Å². The Kier molecular flexibility index (Phi) is 7.36. The Balaban J connectivity index is 1.74. The monoisotopic (exact) mass is 317 g/mol. The number of benzene rings is 1. The van der Waals surface area contributed by atoms with Gasteiger partial charge in [0.15, 0.2) is 5.96 Å². The lowest BCUT2D eigenvalue weighted by molar-refractivity contribution is 0.139. The minimum Gasteiger partial charge on any atom is -0.355 e. The summed E-state index contributed by atoms with van der Waals surface area (Å²) in [6.45, 7) is 10.9. The van der Waals surface area contributed by atoms with Crippen molar-refractivity contribution in [2.75, 3.05) is 59.9 Å². The van der Waals surface area contributed by atoms with Crippen molar-refractivity contribution in [1.29, 1.82) is 0 Å². The van der Waals surface area contributed by atoms with Gasteiger partial charge in [0.1, 0.15) is 0 Å². The maximum Gasteiger partial charge on any atom is 0.193 e. The number of hydrogen-bond acceptors (Lipinski definition) is 3. The molecule has 0 aromatic heterocycles. The first kappa shape index (κ1) is 17.8. The molecule has 0 spiro atoms. The Morgan fingerprint density at radius 3 is 2.35 bits per heavy atom. The highest BCUT2D eigenvalue weighted by Crippen LogP contribution is 2.01. The van der Waals surface area contributed by atoms with Crippen LogP contribution in [0.15, 0.2) is 35.3 Å². The average Bonchev–Trinajstić information content (AvgIpc) is 2.59. The van der Waals surface area contributed by atoms with Crippen LogP contribution >= 0.6 is 0 Å². The molecule has 0 saturated carbocycles. The number of guanidine groups is 1. The molecular formula is C18H31N5. The first-order valence-electron chi connectivity index (χ1n) is 8.63. The van der Waals surface area contributed by atoms with E-state index in [9.17, 15) is 0 Å². The van der Waals surface area contributed by atoms with Gasteiger partial charge >= 0.3 is 0 Å². The van der Waals surface area contributed by atoms with Gasteiger partial charge in [0.05, 0.1) is 6.54 Å². The number of rotatable bonds is 6. The van der Waals surface area contributed by atoms with Crippen molar-refractivity contribution in [2.24, 2.45) is 4.99 Å². The fourth-order valence-electron chi connectivity index (χ4n) is 2.76. The number of aliphatic imine (C=N–C) groups is 1. The van der Waals surface area contributed by atoms with Crippen molar-refractivity contribution in [3.8, 4) is 0 Å². The molecule has 1 aliphatic rings. The topological polar surface area (TPSA) is 34.1 Å². The molecule has 1 fully saturated rings. The summed E-state index contributed by atoms with van der Waals surface area (Å²) in [6, 6.07) is 10.4. The van der Waals surface area contributed by atoms with Crippen LogP contribution in [0.25, 0.3) is 0 Å². The van der Waals surface area contributed by atoms with E-state index in [1.165, 1.54) is 38.3 Å². The molecule has 1 saturated heterocycles. The predicted octanol–water partition coefficient (Wildman–Crippen LogP) is 1.33. The molecule has 23 heavy (non-hydrogen) atoms. The Labute approximate surface area is 141 Å². The zero-order valence-electron chi connectivity index (χ0n) is 14.8. The van der Waals surface area contributed by atoms with Gasteiger partial charge in [-0.25, -0.2) is 4.99 Å². The SMILES string of the molecule is CCN1CCN(CCNC(=NCc2ccccc2)N(C)C)CC1. The average molecular weight is 317 g/mol. The molecule has 0 aliphatic carbocycles. The molecule has 5 nitrogen and oxygen atoms in total. The van der Waals surface area contributed by atoms with Crippen molar-refractivity contribution in [2.45, 2.75) is 13.5 Å². The van der Waals surface area contributed by atoms with E-state index in [0.29, 0.717) is 0 Å². The van der Waals surface area contributed by atoms with E-state index in [1.807, 2.05) is 20.2 Å². The summed E-state index contributed by atoms with van der Waals surface area (Å²) in [7, 11) is 4.08. The van der Waals surface area contributed by atoms with E-state index in [2.05, 4.69) is 51.2 Å². The van der Waals surface area contributed by atoms with Crippen molar-refractivity contribution >= 4 is 5.96 Å². The molecule has 1 aromatic carbocycles. The highest BCUT2D eigenvalue weighted by atomic mass is 15.3. The van der Waals surface area contributed by atoms with Crippen LogP contribution in [0, 0.1) is 0 Å². The summed E-state index contributed by atoms with van der Waals surface area (Å²) < 4.78 is 0. The summed E-state index contributed by atoms with van der Waals surface area (Å²) in [5.41, 5.74) is 1.24. The molecule has 128 valence electrons. The Hall–Kier alpha value is -1.59. The van der Waals surface area contributed by atoms with E-state index in [1.54, 1.807) is 0 Å². The summed E-state index contributed by atoms with van der Waals surface area (Å²) in [4.78, 5) is 11.8. The molecule has 1 heterocycles. The van der Waals surface area contributed by atoms with Crippen molar-refractivity contribution in [1.82, 2.24) is 20.0 Å². The maximum atomic E-state index is 4.71. The minimum atomic E-state index is 0.719. The molecule has 1 aliphatic heterocycles. The van der Waals surface area contributed by atoms with Gasteiger partial charge in [0.2, 0.25) is 0 Å². The zero-order chi connectivity index (χ0) is 16.5. The van der Waals surface area contributed by atoms with Crippen LogP contribution < -0.4 is 5.32 Å². The third-order valence-corrected chi connectivity index (χ3v) is 4.30. The largest absolute Gasteiger partial charge is 0.355 e. The number of hydrogen-bond donors (Lipinski definition) is 1. The van der Waals surface area contributed by atoms with Gasteiger partial charge < -0.3 is 15.1 Å². The first-order valence-corrected chi connectivity index (χ1v) is 8.63. The van der Waals surface area contributed by atoms with E-state index in [-0.39, 0.29) is 0 Å². The first-order chi connectivity index (χ1) is 11.2. The maximum absolute atomic E-state index is 4.71. The Morgan fingerprint density at radius 1 is 1.09 bits per heavy atom. The van der Waals surface area contributed by atoms with Crippen molar-refractivity contribution in [3.63, 3.8) is 0 Å². The lowest BCUT2D eigenvalue weighted by Crippen LogP contribution is -2.49. The number of nitrogens with zero attached hydrogens (tertiary/aromatic N) is 4. The van der Waals surface area contributed by atoms with Gasteiger partial charge in [-0.05, 0) is 12.1 Å². The molecule has 0 atom stereocenters. The number of nitrogens with one attached hydrogen (secondary N) is 1. The number of piperazine rings is 1. The van der Waals surface area contributed by atoms with E-state index >= 15 is 0 Å². The van der Waals surface area contributed by atoms with Crippen LogP contribution in [0.5, 0.6) is 0 Å². The normalized spacial score (nSPS) is 17.3. The van der Waals surface area contributed by atoms with Gasteiger partial charge in [-0.15, -0.1) is 0 Å². The van der Waals surface area contributed by atoms with Crippen LogP contribution in [0.2, 0.25) is 0 Å². The highest BCUT2D eigenvalue weighted by molar-refractivity contribution is 5.79. The third-order valence-electron chi connectivity index (χ3n) is 4.30. The van der Waals surface area contributed by atoms with Crippen molar-refractivity contribution < 1.29 is 0 Å². The molecule has 0 bridgehead atoms. The van der Waals surface area contributed by atoms with E-state index in [4.69, 9.17) is 4.99 Å². The molecule has 5 heteroatoms. The zero-order valence-corrected chi connectivity index (χ0v) is 14.8. The molecule has 1 aromatic rings. The van der Waals surface area contributed by atoms with Crippen LogP contribution in [-0.2, 0) is 6.54 Å². The van der Waals surface area contributed by atoms with Crippen LogP contribution in [0.4, 0.5) is 0 Å². The standard InChI is InChI=1S/C18H31N5/c1-4-22-12-14-23(15-13-22)11-10-19-18(21(2)3)20-16-17-8-6-5-7-9-17/h5-9H,4,10-16H2,1-3H3,(H,19,20). The summed E-state index contributed by atoms with van der Waals surface area (Å²) in [5, 5.41) is 3.48. The van der Waals surface area contributed by atoms with Gasteiger partial charge in [-0.1, -0.05) is 37.3 Å². The lowest BCUT2D eigenvalue weighted by atomic mass is 10.2. The summed E-state index contributed by atoms with van der Waals surface area (Å²) >= 11 is 0. The lowest BCUT2D eigenvalue weighted by Gasteiger charge is -2.34. The highest BCUT2D eigenvalue weighted by Gasteiger charge is 2.14. The number of likely N-dealkylation sites (N-methyl/N-ethyl adjacent to an activating group) is 1. The second kappa shape index (κ2) is 9.53. The van der Waals surface area contributed by atoms with E-state index < -0.39 is 0 Å². The molecule has 0 amide bonds. The third kappa shape index (κ3) is 6.20. The van der Waals surface area contributed by atoms with Crippen LogP contribution in [0.3, 0.4) is 0 Å². The summed E-state index contributed by atoms with van der Waals surface area (Å²) in [6.07, 6.45) is 0. The smallest absolute Gasteiger partial charge is 0.193 e. The molecule has 2 rings (SSSR count). The molecule has 0 unspecified atom stereocenters. The quantitative estimate of drug-likeness (QED) is 0.634. The van der Waals surface area contributed by atoms with Gasteiger partial charge in [-0.3, -0.25) is 4.90 Å². The second-order valence-electron chi connectivity index (χ2n) is 6.22. The van der Waals surface area contributed by atoms with Crippen LogP contribution in [-0.4, -0.2) is 80.6 Å². The Bertz CT molecular complexity index is 464. The van der Waals surface area contributed by atoms with Gasteiger partial charge in [-0.2, -0.15) is 0 Å². The molecule has 1 N–H and O–H groups in total. The molecular weight excluding hydrogens is 286 g/mol. The second-order valence-corrected chi connectivity index (χ2v) is 6.22. The Morgan fingerprint density at radius 2 is 1.74 bits per heavy atom. The van der Waals surface area contributed by atoms with Gasteiger partial charge in [0, 0.05) is 53.4 Å². The van der Waals surface area contributed by atoms with Crippen molar-refractivity contribution in [3.05, 3.63) is 35.9 Å². The van der Waals surface area contributed by atoms with E-state index in [0.717, 1.165) is 25.6 Å². The predicted molar refractivity (Wildman–Crippen MR) is 97.8 cm³/mol. The minimum absolute atomic E-state index is 0.719.